The number of benzene rings is 1. The molecule has 1 N–H and O–H groups in total. The second-order valence-corrected chi connectivity index (χ2v) is 4.64. The molecule has 0 bridgehead atoms. The molecule has 78 valence electrons. The first-order chi connectivity index (χ1) is 6.72. The molecule has 0 aliphatic heterocycles. The maximum Gasteiger partial charge on any atom is 0.0208 e. The van der Waals surface area contributed by atoms with Crippen molar-refractivity contribution in [2.75, 3.05) is 12.0 Å². The highest BCUT2D eigenvalue weighted by Crippen LogP contribution is 2.04. The molecule has 1 aromatic rings. The fourth-order valence-corrected chi connectivity index (χ4v) is 2.04. The van der Waals surface area contributed by atoms with Crippen LogP contribution in [0.3, 0.4) is 0 Å². The van der Waals surface area contributed by atoms with E-state index < -0.39 is 0 Å². The van der Waals surface area contributed by atoms with Crippen LogP contribution in [0.5, 0.6) is 0 Å². The van der Waals surface area contributed by atoms with Crippen molar-refractivity contribution in [1.82, 2.24) is 5.32 Å². The van der Waals surface area contributed by atoms with Crippen LogP contribution in [0.1, 0.15) is 18.1 Å². The van der Waals surface area contributed by atoms with Crippen LogP contribution in [-0.4, -0.2) is 18.1 Å². The van der Waals surface area contributed by atoms with Gasteiger partial charge in [-0.2, -0.15) is 11.8 Å². The van der Waals surface area contributed by atoms with Crippen molar-refractivity contribution < 1.29 is 0 Å². The van der Waals surface area contributed by atoms with Crippen molar-refractivity contribution in [2.45, 2.75) is 26.4 Å². The van der Waals surface area contributed by atoms with Gasteiger partial charge in [0.1, 0.15) is 0 Å². The molecule has 14 heavy (non-hydrogen) atoms. The maximum atomic E-state index is 3.51. The fraction of sp³-hybridized carbons (Fsp3) is 0.500. The van der Waals surface area contributed by atoms with Gasteiger partial charge in [-0.3, -0.25) is 0 Å². The van der Waals surface area contributed by atoms with Crippen LogP contribution in [0, 0.1) is 6.92 Å². The predicted octanol–water partition coefficient (Wildman–Crippen LogP) is 2.84. The Kier molecular flexibility index (Phi) is 5.05. The van der Waals surface area contributed by atoms with Gasteiger partial charge in [-0.15, -0.1) is 0 Å². The normalized spacial score (nSPS) is 12.8. The van der Waals surface area contributed by atoms with Crippen LogP contribution in [0.4, 0.5) is 0 Å². The summed E-state index contributed by atoms with van der Waals surface area (Å²) in [6.07, 6.45) is 2.14. The zero-order valence-electron chi connectivity index (χ0n) is 9.21. The molecule has 1 atom stereocenters. The minimum absolute atomic E-state index is 0.588. The molecule has 2 heteroatoms. The van der Waals surface area contributed by atoms with E-state index in [9.17, 15) is 0 Å². The van der Waals surface area contributed by atoms with Crippen molar-refractivity contribution in [3.05, 3.63) is 35.4 Å². The van der Waals surface area contributed by atoms with E-state index in [2.05, 4.69) is 49.7 Å². The molecule has 0 heterocycles. The largest absolute Gasteiger partial charge is 0.309 e. The number of nitrogens with one attached hydrogen (secondary N) is 1. The molecule has 0 aliphatic carbocycles. The molecular formula is C12H19NS. The molecule has 0 radical (unpaired) electrons. The Morgan fingerprint density at radius 1 is 1.43 bits per heavy atom. The summed E-state index contributed by atoms with van der Waals surface area (Å²) in [6, 6.07) is 9.25. The zero-order valence-corrected chi connectivity index (χ0v) is 10.0. The van der Waals surface area contributed by atoms with Gasteiger partial charge in [-0.25, -0.2) is 0 Å². The van der Waals surface area contributed by atoms with Gasteiger partial charge in [-0.1, -0.05) is 29.8 Å². The third kappa shape index (κ3) is 4.16. The number of hydrogen-bond donors (Lipinski definition) is 1. The Labute approximate surface area is 91.3 Å². The van der Waals surface area contributed by atoms with Crippen molar-refractivity contribution in [2.24, 2.45) is 0 Å². The third-order valence-electron chi connectivity index (χ3n) is 2.15. The first-order valence-corrected chi connectivity index (χ1v) is 6.39. The highest BCUT2D eigenvalue weighted by Gasteiger charge is 1.99. The summed E-state index contributed by atoms with van der Waals surface area (Å²) in [4.78, 5) is 0. The van der Waals surface area contributed by atoms with E-state index in [4.69, 9.17) is 0 Å². The topological polar surface area (TPSA) is 12.0 Å². The number of rotatable bonds is 5. The minimum Gasteiger partial charge on any atom is -0.309 e. The number of hydrogen-bond acceptors (Lipinski definition) is 2. The molecule has 1 rings (SSSR count). The standard InChI is InChI=1S/C12H19NS/c1-10-5-4-6-12(7-10)8-13-11(2)9-14-3/h4-7,11,13H,8-9H2,1-3H3. The molecule has 0 amide bonds. The van der Waals surface area contributed by atoms with E-state index >= 15 is 0 Å². The van der Waals surface area contributed by atoms with Gasteiger partial charge in [-0.05, 0) is 25.7 Å². The summed E-state index contributed by atoms with van der Waals surface area (Å²) in [5.41, 5.74) is 2.71. The third-order valence-corrected chi connectivity index (χ3v) is 2.99. The van der Waals surface area contributed by atoms with Gasteiger partial charge in [0, 0.05) is 18.3 Å². The Hall–Kier alpha value is -0.470. The van der Waals surface area contributed by atoms with Crippen LogP contribution >= 0.6 is 11.8 Å². The first-order valence-electron chi connectivity index (χ1n) is 5.00. The summed E-state index contributed by atoms with van der Waals surface area (Å²) in [5, 5.41) is 3.51. The average Bonchev–Trinajstić information content (AvgIpc) is 2.15. The van der Waals surface area contributed by atoms with E-state index in [1.165, 1.54) is 16.9 Å². The summed E-state index contributed by atoms with van der Waals surface area (Å²) in [5.74, 6) is 1.17. The molecular weight excluding hydrogens is 190 g/mol. The lowest BCUT2D eigenvalue weighted by molar-refractivity contribution is 0.596. The SMILES string of the molecule is CSCC(C)NCc1cccc(C)c1. The maximum absolute atomic E-state index is 3.51. The molecule has 0 saturated carbocycles. The van der Waals surface area contributed by atoms with Crippen molar-refractivity contribution in [3.8, 4) is 0 Å². The second-order valence-electron chi connectivity index (χ2n) is 3.73. The number of thioether (sulfide) groups is 1. The summed E-state index contributed by atoms with van der Waals surface area (Å²) < 4.78 is 0. The van der Waals surface area contributed by atoms with E-state index in [0.717, 1.165) is 6.54 Å². The lowest BCUT2D eigenvalue weighted by atomic mass is 10.1. The summed E-state index contributed by atoms with van der Waals surface area (Å²) >= 11 is 1.89. The molecule has 0 spiro atoms. The van der Waals surface area contributed by atoms with Crippen LogP contribution < -0.4 is 5.32 Å². The highest BCUT2D eigenvalue weighted by atomic mass is 32.2. The smallest absolute Gasteiger partial charge is 0.0208 e. The van der Waals surface area contributed by atoms with Gasteiger partial charge in [0.15, 0.2) is 0 Å². The van der Waals surface area contributed by atoms with Crippen LogP contribution in [0.25, 0.3) is 0 Å². The fourth-order valence-electron chi connectivity index (χ4n) is 1.42. The van der Waals surface area contributed by atoms with Crippen LogP contribution in [0.15, 0.2) is 24.3 Å². The van der Waals surface area contributed by atoms with Crippen LogP contribution in [0.2, 0.25) is 0 Å². The summed E-state index contributed by atoms with van der Waals surface area (Å²) in [6.45, 7) is 5.34. The van der Waals surface area contributed by atoms with Crippen molar-refractivity contribution >= 4 is 11.8 Å². The van der Waals surface area contributed by atoms with Gasteiger partial charge in [0.05, 0.1) is 0 Å². The Bertz CT molecular complexity index is 273. The predicted molar refractivity (Wildman–Crippen MR) is 65.9 cm³/mol. The molecule has 0 saturated heterocycles. The lowest BCUT2D eigenvalue weighted by Crippen LogP contribution is -2.27. The molecule has 0 fully saturated rings. The molecule has 1 unspecified atom stereocenters. The lowest BCUT2D eigenvalue weighted by Gasteiger charge is -2.12. The molecule has 0 aromatic heterocycles. The van der Waals surface area contributed by atoms with Crippen LogP contribution in [-0.2, 0) is 6.54 Å². The molecule has 0 aliphatic rings. The van der Waals surface area contributed by atoms with Gasteiger partial charge in [0.25, 0.3) is 0 Å². The van der Waals surface area contributed by atoms with Gasteiger partial charge >= 0.3 is 0 Å². The molecule has 1 nitrogen and oxygen atoms in total. The number of aryl methyl sites for hydroxylation is 1. The monoisotopic (exact) mass is 209 g/mol. The van der Waals surface area contributed by atoms with Crippen molar-refractivity contribution in [3.63, 3.8) is 0 Å². The Morgan fingerprint density at radius 3 is 2.86 bits per heavy atom. The Morgan fingerprint density at radius 2 is 2.21 bits per heavy atom. The van der Waals surface area contributed by atoms with E-state index in [0.29, 0.717) is 6.04 Å². The van der Waals surface area contributed by atoms with E-state index in [1.807, 2.05) is 11.8 Å². The quantitative estimate of drug-likeness (QED) is 0.800. The van der Waals surface area contributed by atoms with E-state index in [-0.39, 0.29) is 0 Å². The van der Waals surface area contributed by atoms with Crippen molar-refractivity contribution in [1.29, 1.82) is 0 Å². The Balaban J connectivity index is 2.37. The minimum atomic E-state index is 0.588. The first kappa shape index (κ1) is 11.6. The van der Waals surface area contributed by atoms with Gasteiger partial charge in [0.2, 0.25) is 0 Å². The second kappa shape index (κ2) is 6.10. The van der Waals surface area contributed by atoms with E-state index in [1.54, 1.807) is 0 Å². The van der Waals surface area contributed by atoms with Gasteiger partial charge < -0.3 is 5.32 Å². The molecule has 1 aromatic carbocycles. The average molecular weight is 209 g/mol. The summed E-state index contributed by atoms with van der Waals surface area (Å²) in [7, 11) is 0. The zero-order chi connectivity index (χ0) is 10.4. The highest BCUT2D eigenvalue weighted by molar-refractivity contribution is 7.98.